The molecule has 1 aromatic heterocycles. The van der Waals surface area contributed by atoms with Crippen molar-refractivity contribution < 1.29 is 9.90 Å². The minimum absolute atomic E-state index is 0.0584. The highest BCUT2D eigenvalue weighted by Crippen LogP contribution is 2.19. The molecule has 0 aromatic carbocycles. The molecule has 0 radical (unpaired) electrons. The summed E-state index contributed by atoms with van der Waals surface area (Å²) in [5.74, 6) is 0. The molecule has 0 aliphatic heterocycles. The lowest BCUT2D eigenvalue weighted by molar-refractivity contribution is 0.133. The van der Waals surface area contributed by atoms with Gasteiger partial charge in [0.15, 0.2) is 0 Å². The Bertz CT molecular complexity index is 371. The smallest absolute Gasteiger partial charge is 0.317 e. The van der Waals surface area contributed by atoms with Crippen LogP contribution in [-0.4, -0.2) is 36.2 Å². The zero-order chi connectivity index (χ0) is 13.8. The van der Waals surface area contributed by atoms with Gasteiger partial charge in [0.1, 0.15) is 6.10 Å². The first-order chi connectivity index (χ1) is 8.29. The van der Waals surface area contributed by atoms with Gasteiger partial charge in [-0.3, -0.25) is 0 Å². The maximum absolute atomic E-state index is 11.8. The van der Waals surface area contributed by atoms with Crippen molar-refractivity contribution in [3.05, 3.63) is 22.4 Å². The van der Waals surface area contributed by atoms with E-state index in [0.717, 1.165) is 4.88 Å². The standard InChI is InChI=1S/C13H22N2O2S/c1-13(2,3)9-14-12(17)15(4)8-10(16)11-6-5-7-18-11/h5-7,10,16H,8-9H2,1-4H3,(H,14,17). The van der Waals surface area contributed by atoms with Crippen molar-refractivity contribution in [1.82, 2.24) is 10.2 Å². The number of carbonyl (C=O) groups excluding carboxylic acids is 1. The van der Waals surface area contributed by atoms with E-state index in [1.54, 1.807) is 7.05 Å². The van der Waals surface area contributed by atoms with Crippen LogP contribution in [0.5, 0.6) is 0 Å². The monoisotopic (exact) mass is 270 g/mol. The number of aliphatic hydroxyl groups excluding tert-OH is 1. The molecular weight excluding hydrogens is 248 g/mol. The molecule has 0 saturated carbocycles. The number of likely N-dealkylation sites (N-methyl/N-ethyl adjacent to an activating group) is 1. The summed E-state index contributed by atoms with van der Waals surface area (Å²) in [6.07, 6.45) is -0.615. The molecule has 0 spiro atoms. The highest BCUT2D eigenvalue weighted by molar-refractivity contribution is 7.10. The number of hydrogen-bond donors (Lipinski definition) is 2. The molecule has 0 saturated heterocycles. The van der Waals surface area contributed by atoms with Gasteiger partial charge in [-0.1, -0.05) is 26.8 Å². The number of rotatable bonds is 4. The van der Waals surface area contributed by atoms with Crippen molar-refractivity contribution in [2.45, 2.75) is 26.9 Å². The largest absolute Gasteiger partial charge is 0.386 e. The molecule has 5 heteroatoms. The van der Waals surface area contributed by atoms with Gasteiger partial charge in [0, 0.05) is 18.5 Å². The molecule has 102 valence electrons. The molecule has 0 aliphatic carbocycles. The number of nitrogens with one attached hydrogen (secondary N) is 1. The average Bonchev–Trinajstić information content (AvgIpc) is 2.77. The normalized spacial score (nSPS) is 13.2. The zero-order valence-electron chi connectivity index (χ0n) is 11.4. The fourth-order valence-corrected chi connectivity index (χ4v) is 2.09. The molecule has 1 unspecified atom stereocenters. The SMILES string of the molecule is CN(CC(O)c1cccs1)C(=O)NCC(C)(C)C. The summed E-state index contributed by atoms with van der Waals surface area (Å²) in [6.45, 7) is 7.11. The van der Waals surface area contributed by atoms with Crippen molar-refractivity contribution in [2.75, 3.05) is 20.1 Å². The van der Waals surface area contributed by atoms with Gasteiger partial charge in [-0.15, -0.1) is 11.3 Å². The third kappa shape index (κ3) is 5.06. The Morgan fingerprint density at radius 2 is 2.22 bits per heavy atom. The third-order valence-electron chi connectivity index (χ3n) is 2.44. The van der Waals surface area contributed by atoms with Gasteiger partial charge in [-0.2, -0.15) is 0 Å². The van der Waals surface area contributed by atoms with Crippen LogP contribution in [0.15, 0.2) is 17.5 Å². The Morgan fingerprint density at radius 1 is 1.56 bits per heavy atom. The molecule has 1 rings (SSSR count). The first-order valence-electron chi connectivity index (χ1n) is 6.00. The molecule has 1 aromatic rings. The number of carbonyl (C=O) groups is 1. The van der Waals surface area contributed by atoms with E-state index >= 15 is 0 Å². The van der Waals surface area contributed by atoms with Crippen molar-refractivity contribution in [3.8, 4) is 0 Å². The summed E-state index contributed by atoms with van der Waals surface area (Å²) in [5, 5.41) is 14.7. The molecule has 1 atom stereocenters. The fourth-order valence-electron chi connectivity index (χ4n) is 1.39. The van der Waals surface area contributed by atoms with Gasteiger partial charge in [-0.05, 0) is 16.9 Å². The van der Waals surface area contributed by atoms with Gasteiger partial charge in [0.2, 0.25) is 0 Å². The number of hydrogen-bond acceptors (Lipinski definition) is 3. The molecule has 0 bridgehead atoms. The fraction of sp³-hybridized carbons (Fsp3) is 0.615. The molecule has 2 amide bonds. The van der Waals surface area contributed by atoms with Crippen LogP contribution in [0.3, 0.4) is 0 Å². The second-order valence-electron chi connectivity index (χ2n) is 5.63. The first-order valence-corrected chi connectivity index (χ1v) is 6.88. The van der Waals surface area contributed by atoms with Crippen LogP contribution in [0.1, 0.15) is 31.8 Å². The van der Waals surface area contributed by atoms with E-state index in [1.807, 2.05) is 17.5 Å². The van der Waals surface area contributed by atoms with E-state index in [9.17, 15) is 9.90 Å². The number of aliphatic hydroxyl groups is 1. The van der Waals surface area contributed by atoms with Gasteiger partial charge in [0.05, 0.1) is 6.54 Å². The van der Waals surface area contributed by atoms with E-state index in [2.05, 4.69) is 26.1 Å². The summed E-state index contributed by atoms with van der Waals surface area (Å²) >= 11 is 1.49. The second-order valence-corrected chi connectivity index (χ2v) is 6.61. The highest BCUT2D eigenvalue weighted by Gasteiger charge is 2.17. The van der Waals surface area contributed by atoms with Crippen LogP contribution >= 0.6 is 11.3 Å². The summed E-state index contributed by atoms with van der Waals surface area (Å²) in [4.78, 5) is 14.2. The first kappa shape index (κ1) is 15.0. The minimum Gasteiger partial charge on any atom is -0.386 e. The Balaban J connectivity index is 2.40. The maximum atomic E-state index is 11.8. The van der Waals surface area contributed by atoms with E-state index in [-0.39, 0.29) is 11.4 Å². The number of amides is 2. The van der Waals surface area contributed by atoms with Crippen molar-refractivity contribution >= 4 is 17.4 Å². The second kappa shape index (κ2) is 6.20. The van der Waals surface area contributed by atoms with Crippen LogP contribution in [0, 0.1) is 5.41 Å². The minimum atomic E-state index is -0.615. The Morgan fingerprint density at radius 3 is 2.72 bits per heavy atom. The predicted octanol–water partition coefficient (Wildman–Crippen LogP) is 2.47. The number of nitrogens with zero attached hydrogens (tertiary/aromatic N) is 1. The molecule has 2 N–H and O–H groups in total. The molecule has 4 nitrogen and oxygen atoms in total. The summed E-state index contributed by atoms with van der Waals surface area (Å²) in [7, 11) is 1.69. The number of urea groups is 1. The lowest BCUT2D eigenvalue weighted by atomic mass is 9.97. The van der Waals surface area contributed by atoms with Crippen LogP contribution in [0.4, 0.5) is 4.79 Å². The predicted molar refractivity (Wildman–Crippen MR) is 74.8 cm³/mol. The lowest BCUT2D eigenvalue weighted by Crippen LogP contribution is -2.42. The van der Waals surface area contributed by atoms with Crippen LogP contribution in [0.2, 0.25) is 0 Å². The topological polar surface area (TPSA) is 52.6 Å². The van der Waals surface area contributed by atoms with Gasteiger partial charge in [0.25, 0.3) is 0 Å². The molecular formula is C13H22N2O2S. The van der Waals surface area contributed by atoms with Crippen LogP contribution in [0.25, 0.3) is 0 Å². The van der Waals surface area contributed by atoms with E-state index in [4.69, 9.17) is 0 Å². The van der Waals surface area contributed by atoms with Crippen LogP contribution < -0.4 is 5.32 Å². The average molecular weight is 270 g/mol. The highest BCUT2D eigenvalue weighted by atomic mass is 32.1. The maximum Gasteiger partial charge on any atom is 0.317 e. The van der Waals surface area contributed by atoms with Crippen LogP contribution in [-0.2, 0) is 0 Å². The zero-order valence-corrected chi connectivity index (χ0v) is 12.3. The summed E-state index contributed by atoms with van der Waals surface area (Å²) in [6, 6.07) is 3.61. The molecule has 1 heterocycles. The Hall–Kier alpha value is -1.07. The molecule has 0 aliphatic rings. The van der Waals surface area contributed by atoms with E-state index in [1.165, 1.54) is 16.2 Å². The van der Waals surface area contributed by atoms with Gasteiger partial charge in [-0.25, -0.2) is 4.79 Å². The van der Waals surface area contributed by atoms with E-state index in [0.29, 0.717) is 13.1 Å². The van der Waals surface area contributed by atoms with E-state index < -0.39 is 6.10 Å². The van der Waals surface area contributed by atoms with Crippen molar-refractivity contribution in [3.63, 3.8) is 0 Å². The van der Waals surface area contributed by atoms with Crippen molar-refractivity contribution in [1.29, 1.82) is 0 Å². The van der Waals surface area contributed by atoms with Gasteiger partial charge >= 0.3 is 6.03 Å². The Kier molecular flexibility index (Phi) is 5.16. The van der Waals surface area contributed by atoms with Gasteiger partial charge < -0.3 is 15.3 Å². The lowest BCUT2D eigenvalue weighted by Gasteiger charge is -2.24. The summed E-state index contributed by atoms with van der Waals surface area (Å²) < 4.78 is 0. The third-order valence-corrected chi connectivity index (χ3v) is 3.41. The molecule has 0 fully saturated rings. The number of thiophene rings is 1. The Labute approximate surface area is 113 Å². The quantitative estimate of drug-likeness (QED) is 0.883. The molecule has 18 heavy (non-hydrogen) atoms. The van der Waals surface area contributed by atoms with Crippen molar-refractivity contribution in [2.24, 2.45) is 5.41 Å². The summed E-state index contributed by atoms with van der Waals surface area (Å²) in [5.41, 5.74) is 0.0584.